The highest BCUT2D eigenvalue weighted by molar-refractivity contribution is 5.97. The molecule has 4 rings (SSSR count). The van der Waals surface area contributed by atoms with E-state index in [1.807, 2.05) is 18.2 Å². The highest BCUT2D eigenvalue weighted by atomic mass is 16.5. The third kappa shape index (κ3) is 2.69. The van der Waals surface area contributed by atoms with Crippen LogP contribution in [0.1, 0.15) is 17.2 Å². The summed E-state index contributed by atoms with van der Waals surface area (Å²) in [6, 6.07) is 7.27. The summed E-state index contributed by atoms with van der Waals surface area (Å²) in [5.41, 5.74) is 3.46. The maximum atomic E-state index is 12.5. The number of cyclic esters (lactones) is 1. The van der Waals surface area contributed by atoms with E-state index in [4.69, 9.17) is 23.7 Å². The molecule has 0 fully saturated rings. The van der Waals surface area contributed by atoms with Gasteiger partial charge in [-0.2, -0.15) is 0 Å². The zero-order chi connectivity index (χ0) is 19.8. The van der Waals surface area contributed by atoms with E-state index in [9.17, 15) is 4.79 Å². The zero-order valence-corrected chi connectivity index (χ0v) is 16.0. The van der Waals surface area contributed by atoms with Gasteiger partial charge in [0.05, 0.1) is 57.0 Å². The van der Waals surface area contributed by atoms with Crippen molar-refractivity contribution in [2.75, 3.05) is 40.4 Å². The molecule has 146 valence electrons. The predicted molar refractivity (Wildman–Crippen MR) is 100 cm³/mol. The van der Waals surface area contributed by atoms with E-state index in [1.54, 1.807) is 34.5 Å². The third-order valence-electron chi connectivity index (χ3n) is 4.87. The van der Waals surface area contributed by atoms with Gasteiger partial charge in [0.15, 0.2) is 11.5 Å². The number of benzene rings is 1. The predicted octanol–water partition coefficient (Wildman–Crippen LogP) is 2.48. The summed E-state index contributed by atoms with van der Waals surface area (Å²) >= 11 is 0. The fourth-order valence-electron chi connectivity index (χ4n) is 3.60. The number of hydrogen-bond donors (Lipinski definition) is 1. The van der Waals surface area contributed by atoms with Crippen LogP contribution in [0.2, 0.25) is 0 Å². The molecule has 0 amide bonds. The number of nitrogens with zero attached hydrogens (tertiary/aromatic N) is 1. The highest BCUT2D eigenvalue weighted by Gasteiger charge is 2.40. The van der Waals surface area contributed by atoms with Crippen molar-refractivity contribution in [1.29, 1.82) is 0 Å². The summed E-state index contributed by atoms with van der Waals surface area (Å²) in [6.45, 7) is 0.195. The largest absolute Gasteiger partial charge is 0.493 e. The first-order valence-corrected chi connectivity index (χ1v) is 8.63. The number of carbonyl (C=O) groups excluding carboxylic acids is 1. The number of fused-ring (bicyclic) bond motifs is 1. The van der Waals surface area contributed by atoms with Crippen molar-refractivity contribution < 1.29 is 28.5 Å². The Bertz CT molecular complexity index is 960. The second kappa shape index (κ2) is 6.95. The Morgan fingerprint density at radius 3 is 2.36 bits per heavy atom. The molecule has 2 aromatic rings. The third-order valence-corrected chi connectivity index (χ3v) is 4.87. The van der Waals surface area contributed by atoms with Crippen molar-refractivity contribution in [3.05, 3.63) is 46.8 Å². The van der Waals surface area contributed by atoms with Crippen molar-refractivity contribution in [2.45, 2.75) is 5.92 Å². The second-order valence-corrected chi connectivity index (χ2v) is 6.27. The number of pyridine rings is 1. The van der Waals surface area contributed by atoms with Crippen LogP contribution in [0.5, 0.6) is 23.1 Å². The average Bonchev–Trinajstić information content (AvgIpc) is 3.10. The Kier molecular flexibility index (Phi) is 4.46. The highest BCUT2D eigenvalue weighted by Crippen LogP contribution is 2.48. The van der Waals surface area contributed by atoms with Crippen LogP contribution in [0.25, 0.3) is 0 Å². The van der Waals surface area contributed by atoms with Crippen LogP contribution in [0.3, 0.4) is 0 Å². The number of rotatable bonds is 5. The SMILES string of the molecule is COc1ccc2c(n1)C(c1cc(OC)c(OC)c(OC)c1)C1=C(COC1=O)N2. The maximum Gasteiger partial charge on any atom is 0.337 e. The summed E-state index contributed by atoms with van der Waals surface area (Å²) < 4.78 is 26.9. The molecule has 1 N–H and O–H groups in total. The van der Waals surface area contributed by atoms with Crippen molar-refractivity contribution in [3.8, 4) is 23.1 Å². The molecular weight excluding hydrogens is 364 g/mol. The monoisotopic (exact) mass is 384 g/mol. The normalized spacial score (nSPS) is 17.3. The quantitative estimate of drug-likeness (QED) is 0.787. The van der Waals surface area contributed by atoms with Gasteiger partial charge in [0, 0.05) is 6.07 Å². The molecule has 0 saturated carbocycles. The van der Waals surface area contributed by atoms with E-state index in [0.29, 0.717) is 34.4 Å². The summed E-state index contributed by atoms with van der Waals surface area (Å²) in [6.07, 6.45) is 0. The molecule has 2 aliphatic rings. The Balaban J connectivity index is 1.96. The summed E-state index contributed by atoms with van der Waals surface area (Å²) in [5, 5.41) is 3.25. The minimum atomic E-state index is -0.468. The van der Waals surface area contributed by atoms with Crippen LogP contribution in [0.4, 0.5) is 5.69 Å². The Labute approximate surface area is 162 Å². The van der Waals surface area contributed by atoms with Crippen molar-refractivity contribution in [3.63, 3.8) is 0 Å². The molecule has 0 saturated heterocycles. The van der Waals surface area contributed by atoms with Gasteiger partial charge in [-0.1, -0.05) is 0 Å². The molecule has 8 nitrogen and oxygen atoms in total. The first-order valence-electron chi connectivity index (χ1n) is 8.63. The molecule has 8 heteroatoms. The zero-order valence-electron chi connectivity index (χ0n) is 16.0. The standard InChI is InChI=1S/C20H20N2O6/c1-24-13-7-10(8-14(25-2)19(13)27-4)16-17-12(9-28-20(17)23)21-11-5-6-15(26-3)22-18(11)16/h5-8,16,21H,9H2,1-4H3. The van der Waals surface area contributed by atoms with Gasteiger partial charge in [0.2, 0.25) is 11.6 Å². The molecule has 2 aliphatic heterocycles. The molecule has 3 heterocycles. The van der Waals surface area contributed by atoms with Crippen LogP contribution in [-0.2, 0) is 9.53 Å². The smallest absolute Gasteiger partial charge is 0.337 e. The lowest BCUT2D eigenvalue weighted by molar-refractivity contribution is -0.136. The maximum absolute atomic E-state index is 12.5. The van der Waals surface area contributed by atoms with Gasteiger partial charge in [-0.25, -0.2) is 9.78 Å². The van der Waals surface area contributed by atoms with Gasteiger partial charge in [-0.3, -0.25) is 0 Å². The molecule has 0 spiro atoms. The van der Waals surface area contributed by atoms with Crippen LogP contribution in [-0.4, -0.2) is 46.0 Å². The number of esters is 1. The lowest BCUT2D eigenvalue weighted by Crippen LogP contribution is -2.21. The number of methoxy groups -OCH3 is 4. The van der Waals surface area contributed by atoms with Gasteiger partial charge < -0.3 is 29.0 Å². The first kappa shape index (κ1) is 18.0. The fourth-order valence-corrected chi connectivity index (χ4v) is 3.60. The van der Waals surface area contributed by atoms with Gasteiger partial charge in [-0.15, -0.1) is 0 Å². The molecule has 0 radical (unpaired) electrons. The second-order valence-electron chi connectivity index (χ2n) is 6.27. The van der Waals surface area contributed by atoms with Gasteiger partial charge in [-0.05, 0) is 23.8 Å². The Morgan fingerprint density at radius 2 is 1.75 bits per heavy atom. The minimum Gasteiger partial charge on any atom is -0.493 e. The summed E-state index contributed by atoms with van der Waals surface area (Å²) in [7, 11) is 6.19. The lowest BCUT2D eigenvalue weighted by Gasteiger charge is -2.27. The van der Waals surface area contributed by atoms with E-state index < -0.39 is 5.92 Å². The molecule has 1 aromatic heterocycles. The Morgan fingerprint density at radius 1 is 1.04 bits per heavy atom. The van der Waals surface area contributed by atoms with Crippen LogP contribution >= 0.6 is 0 Å². The molecule has 1 atom stereocenters. The average molecular weight is 384 g/mol. The van der Waals surface area contributed by atoms with Crippen molar-refractivity contribution >= 4 is 11.7 Å². The van der Waals surface area contributed by atoms with E-state index >= 15 is 0 Å². The number of carbonyl (C=O) groups is 1. The van der Waals surface area contributed by atoms with Crippen molar-refractivity contribution in [2.24, 2.45) is 0 Å². The van der Waals surface area contributed by atoms with E-state index in [1.165, 1.54) is 0 Å². The molecule has 28 heavy (non-hydrogen) atoms. The fraction of sp³-hybridized carbons (Fsp3) is 0.300. The molecule has 1 aromatic carbocycles. The minimum absolute atomic E-state index is 0.195. The van der Waals surface area contributed by atoms with Gasteiger partial charge >= 0.3 is 5.97 Å². The molecule has 0 aliphatic carbocycles. The number of nitrogens with one attached hydrogen (secondary N) is 1. The summed E-state index contributed by atoms with van der Waals surface area (Å²) in [4.78, 5) is 17.1. The van der Waals surface area contributed by atoms with Gasteiger partial charge in [0.1, 0.15) is 6.61 Å². The van der Waals surface area contributed by atoms with Crippen molar-refractivity contribution in [1.82, 2.24) is 4.98 Å². The Hall–Kier alpha value is -3.42. The molecule has 0 bridgehead atoms. The molecule has 1 unspecified atom stereocenters. The van der Waals surface area contributed by atoms with Crippen LogP contribution < -0.4 is 24.3 Å². The topological polar surface area (TPSA) is 88.1 Å². The van der Waals surface area contributed by atoms with E-state index in [2.05, 4.69) is 10.3 Å². The molecular formula is C20H20N2O6. The summed E-state index contributed by atoms with van der Waals surface area (Å²) in [5.74, 6) is 1.07. The lowest BCUT2D eigenvalue weighted by atomic mass is 9.84. The number of anilines is 1. The van der Waals surface area contributed by atoms with E-state index in [-0.39, 0.29) is 12.6 Å². The number of hydrogen-bond acceptors (Lipinski definition) is 8. The van der Waals surface area contributed by atoms with Crippen LogP contribution in [0, 0.1) is 0 Å². The first-order chi connectivity index (χ1) is 13.6. The van der Waals surface area contributed by atoms with Crippen LogP contribution in [0.15, 0.2) is 35.5 Å². The van der Waals surface area contributed by atoms with E-state index in [0.717, 1.165) is 16.9 Å². The van der Waals surface area contributed by atoms with Gasteiger partial charge in [0.25, 0.3) is 0 Å². The number of ether oxygens (including phenoxy) is 5. The number of aromatic nitrogens is 1.